The average Bonchev–Trinajstić information content (AvgIpc) is 3.39. The third-order valence-electron chi connectivity index (χ3n) is 4.11. The molecular formula is C19H15F3N2O3S2. The Morgan fingerprint density at radius 3 is 2.24 bits per heavy atom. The summed E-state index contributed by atoms with van der Waals surface area (Å²) >= 11 is 2.69. The maximum absolute atomic E-state index is 12.6. The van der Waals surface area contributed by atoms with Crippen LogP contribution in [-0.4, -0.2) is 23.5 Å². The minimum Gasteiger partial charge on any atom is -0.378 e. The zero-order valence-corrected chi connectivity index (χ0v) is 16.3. The van der Waals surface area contributed by atoms with E-state index in [9.17, 15) is 27.9 Å². The average molecular weight is 440 g/mol. The third-order valence-corrected chi connectivity index (χ3v) is 5.81. The van der Waals surface area contributed by atoms with Crippen molar-refractivity contribution in [3.63, 3.8) is 0 Å². The van der Waals surface area contributed by atoms with Crippen molar-refractivity contribution in [3.8, 4) is 0 Å². The second kappa shape index (κ2) is 8.36. The molecule has 0 aliphatic heterocycles. The summed E-state index contributed by atoms with van der Waals surface area (Å²) in [4.78, 5) is 24.8. The van der Waals surface area contributed by atoms with Gasteiger partial charge < -0.3 is 15.7 Å². The molecule has 5 nitrogen and oxygen atoms in total. The van der Waals surface area contributed by atoms with Gasteiger partial charge >= 0.3 is 18.0 Å². The zero-order valence-electron chi connectivity index (χ0n) is 14.7. The number of carbonyl (C=O) groups excluding carboxylic acids is 2. The van der Waals surface area contributed by atoms with Crippen molar-refractivity contribution >= 4 is 40.2 Å². The van der Waals surface area contributed by atoms with Crippen LogP contribution in [0.4, 0.5) is 18.9 Å². The Labute approximate surface area is 171 Å². The molecule has 1 aromatic carbocycles. The minimum absolute atomic E-state index is 0.0458. The summed E-state index contributed by atoms with van der Waals surface area (Å²) in [5.41, 5.74) is -1.74. The molecule has 0 aliphatic carbocycles. The quantitative estimate of drug-likeness (QED) is 0.528. The molecule has 29 heavy (non-hydrogen) atoms. The van der Waals surface area contributed by atoms with Gasteiger partial charge in [-0.05, 0) is 52.5 Å². The normalized spacial score (nSPS) is 13.5. The monoisotopic (exact) mass is 440 g/mol. The highest BCUT2D eigenvalue weighted by atomic mass is 32.1. The number of nitrogens with one attached hydrogen (secondary N) is 2. The molecule has 3 N–H and O–H groups in total. The van der Waals surface area contributed by atoms with E-state index in [0.717, 1.165) is 24.3 Å². The lowest BCUT2D eigenvalue weighted by atomic mass is 9.94. The number of amides is 2. The molecule has 3 rings (SSSR count). The number of alkyl halides is 3. The van der Waals surface area contributed by atoms with Gasteiger partial charge in [-0.1, -0.05) is 6.07 Å². The van der Waals surface area contributed by atoms with Crippen molar-refractivity contribution in [2.24, 2.45) is 0 Å². The van der Waals surface area contributed by atoms with Crippen molar-refractivity contribution in [1.82, 2.24) is 5.32 Å². The van der Waals surface area contributed by atoms with Crippen molar-refractivity contribution in [1.29, 1.82) is 0 Å². The van der Waals surface area contributed by atoms with Gasteiger partial charge in [0, 0.05) is 16.1 Å². The fourth-order valence-corrected chi connectivity index (χ4v) is 4.13. The predicted octanol–water partition coefficient (Wildman–Crippen LogP) is 3.82. The van der Waals surface area contributed by atoms with Crippen molar-refractivity contribution in [2.45, 2.75) is 11.8 Å². The van der Waals surface area contributed by atoms with E-state index in [1.165, 1.54) is 22.7 Å². The van der Waals surface area contributed by atoms with Crippen molar-refractivity contribution in [2.75, 3.05) is 11.9 Å². The number of hydrogen-bond acceptors (Lipinski definition) is 5. The highest BCUT2D eigenvalue weighted by molar-refractivity contribution is 7.10. The molecule has 2 aromatic heterocycles. The van der Waals surface area contributed by atoms with Crippen LogP contribution in [0.3, 0.4) is 0 Å². The number of halogens is 3. The van der Waals surface area contributed by atoms with Crippen LogP contribution in [-0.2, 0) is 21.4 Å². The Morgan fingerprint density at radius 1 is 0.966 bits per heavy atom. The van der Waals surface area contributed by atoms with E-state index in [0.29, 0.717) is 10.4 Å². The molecule has 0 radical (unpaired) electrons. The predicted molar refractivity (Wildman–Crippen MR) is 105 cm³/mol. The van der Waals surface area contributed by atoms with Gasteiger partial charge in [-0.15, -0.1) is 11.3 Å². The molecule has 1 unspecified atom stereocenters. The summed E-state index contributed by atoms with van der Waals surface area (Å²) in [6.45, 7) is -0.247. The van der Waals surface area contributed by atoms with Crippen LogP contribution in [0.2, 0.25) is 0 Å². The van der Waals surface area contributed by atoms with Gasteiger partial charge in [-0.2, -0.15) is 24.5 Å². The van der Waals surface area contributed by atoms with Crippen molar-refractivity contribution < 1.29 is 27.9 Å². The minimum atomic E-state index is -4.49. The molecule has 1 atom stereocenters. The maximum Gasteiger partial charge on any atom is 0.416 e. The van der Waals surface area contributed by atoms with E-state index in [1.54, 1.807) is 34.3 Å². The number of anilines is 1. The van der Waals surface area contributed by atoms with E-state index in [4.69, 9.17) is 0 Å². The molecule has 152 valence electrons. The number of hydrogen-bond donors (Lipinski definition) is 3. The Balaban J connectivity index is 1.65. The Bertz CT molecular complexity index is 935. The fourth-order valence-electron chi connectivity index (χ4n) is 2.56. The standard InChI is InChI=1S/C19H15F3N2O3S2/c20-19(21,22)12-3-5-14(6-4-12)24-17(26)16(25)23-11-18(27,13-7-9-28-10-13)15-2-1-8-29-15/h1-10,27H,11H2,(H,23,25)(H,24,26). The van der Waals surface area contributed by atoms with Crippen molar-refractivity contribution in [3.05, 3.63) is 74.6 Å². The van der Waals surface area contributed by atoms with Gasteiger partial charge in [0.05, 0.1) is 12.1 Å². The molecule has 3 aromatic rings. The van der Waals surface area contributed by atoms with Crippen LogP contribution in [0.1, 0.15) is 16.0 Å². The number of benzene rings is 1. The van der Waals surface area contributed by atoms with Gasteiger partial charge in [-0.25, -0.2) is 0 Å². The summed E-state index contributed by atoms with van der Waals surface area (Å²) in [5, 5.41) is 21.1. The van der Waals surface area contributed by atoms with Gasteiger partial charge in [0.2, 0.25) is 0 Å². The zero-order chi connectivity index (χ0) is 21.1. The summed E-state index contributed by atoms with van der Waals surface area (Å²) < 4.78 is 37.7. The Kier molecular flexibility index (Phi) is 6.06. The maximum atomic E-state index is 12.6. The molecule has 10 heteroatoms. The molecule has 2 heterocycles. The highest BCUT2D eigenvalue weighted by Gasteiger charge is 2.34. The third kappa shape index (κ3) is 4.84. The van der Waals surface area contributed by atoms with E-state index < -0.39 is 29.2 Å². The molecule has 0 saturated heterocycles. The van der Waals surface area contributed by atoms with E-state index in [1.807, 2.05) is 0 Å². The first-order valence-electron chi connectivity index (χ1n) is 8.25. The lowest BCUT2D eigenvalue weighted by Gasteiger charge is -2.26. The second-order valence-corrected chi connectivity index (χ2v) is 7.79. The topological polar surface area (TPSA) is 78.4 Å². The summed E-state index contributed by atoms with van der Waals surface area (Å²) in [7, 11) is 0. The molecule has 2 amide bonds. The van der Waals surface area contributed by atoms with Crippen LogP contribution in [0, 0.1) is 0 Å². The van der Waals surface area contributed by atoms with Gasteiger partial charge in [0.15, 0.2) is 0 Å². The van der Waals surface area contributed by atoms with E-state index in [-0.39, 0.29) is 12.2 Å². The Morgan fingerprint density at radius 2 is 1.69 bits per heavy atom. The number of carbonyl (C=O) groups is 2. The van der Waals surface area contributed by atoms with Crippen LogP contribution in [0.5, 0.6) is 0 Å². The number of aliphatic hydroxyl groups is 1. The first-order valence-corrected chi connectivity index (χ1v) is 10.1. The van der Waals surface area contributed by atoms with Crippen LogP contribution in [0.25, 0.3) is 0 Å². The smallest absolute Gasteiger partial charge is 0.378 e. The number of rotatable bonds is 5. The number of thiophene rings is 2. The molecule has 0 aliphatic rings. The molecule has 0 fully saturated rings. The summed E-state index contributed by atoms with van der Waals surface area (Å²) in [6.07, 6.45) is -4.49. The van der Waals surface area contributed by atoms with Gasteiger partial charge in [0.25, 0.3) is 0 Å². The van der Waals surface area contributed by atoms with E-state index in [2.05, 4.69) is 10.6 Å². The highest BCUT2D eigenvalue weighted by Crippen LogP contribution is 2.33. The molecule has 0 spiro atoms. The second-order valence-electron chi connectivity index (χ2n) is 6.06. The molecule has 0 bridgehead atoms. The van der Waals surface area contributed by atoms with Crippen LogP contribution >= 0.6 is 22.7 Å². The summed E-state index contributed by atoms with van der Waals surface area (Å²) in [5.74, 6) is -2.07. The lowest BCUT2D eigenvalue weighted by molar-refractivity contribution is -0.137. The first kappa shape index (κ1) is 21.0. The largest absolute Gasteiger partial charge is 0.416 e. The molecular weight excluding hydrogens is 425 g/mol. The van der Waals surface area contributed by atoms with Crippen LogP contribution < -0.4 is 10.6 Å². The lowest BCUT2D eigenvalue weighted by Crippen LogP contribution is -2.44. The Hall–Kier alpha value is -2.69. The first-order chi connectivity index (χ1) is 13.7. The fraction of sp³-hybridized carbons (Fsp3) is 0.158. The van der Waals surface area contributed by atoms with Crippen LogP contribution in [0.15, 0.2) is 58.6 Å². The van der Waals surface area contributed by atoms with E-state index >= 15 is 0 Å². The summed E-state index contributed by atoms with van der Waals surface area (Å²) in [6, 6.07) is 8.92. The SMILES string of the molecule is O=C(NCC(O)(c1ccsc1)c1cccs1)C(=O)Nc1ccc(C(F)(F)F)cc1. The molecule has 0 saturated carbocycles. The van der Waals surface area contributed by atoms with Gasteiger partial charge in [0.1, 0.15) is 5.60 Å². The van der Waals surface area contributed by atoms with Gasteiger partial charge in [-0.3, -0.25) is 9.59 Å².